The number of H-pyrrole nitrogens is 1. The average molecular weight is 469 g/mol. The number of rotatable bonds is 8. The average Bonchev–Trinajstić information content (AvgIpc) is 3.25. The van der Waals surface area contributed by atoms with Gasteiger partial charge in [0.2, 0.25) is 0 Å². The highest BCUT2D eigenvalue weighted by molar-refractivity contribution is 7.17. The van der Waals surface area contributed by atoms with Crippen molar-refractivity contribution in [2.24, 2.45) is 0 Å². The van der Waals surface area contributed by atoms with Gasteiger partial charge in [0.1, 0.15) is 18.2 Å². The fourth-order valence-electron chi connectivity index (χ4n) is 3.95. The number of nitrogens with one attached hydrogen (secondary N) is 1. The highest BCUT2D eigenvalue weighted by Crippen LogP contribution is 2.42. The maximum atomic E-state index is 13.7. The summed E-state index contributed by atoms with van der Waals surface area (Å²) in [5, 5.41) is 0. The molecule has 2 aromatic heterocycles. The minimum atomic E-state index is -0.648. The van der Waals surface area contributed by atoms with Gasteiger partial charge < -0.3 is 10.5 Å². The molecule has 9 heteroatoms. The number of amides is 1. The lowest BCUT2D eigenvalue weighted by atomic mass is 10.1. The van der Waals surface area contributed by atoms with Crippen molar-refractivity contribution in [1.29, 1.82) is 0 Å². The summed E-state index contributed by atoms with van der Waals surface area (Å²) >= 11 is 1.38. The van der Waals surface area contributed by atoms with E-state index in [1.54, 1.807) is 0 Å². The lowest BCUT2D eigenvalue weighted by Gasteiger charge is -2.24. The van der Waals surface area contributed by atoms with E-state index in [1.165, 1.54) is 20.8 Å². The molecule has 0 spiro atoms. The zero-order valence-corrected chi connectivity index (χ0v) is 19.7. The van der Waals surface area contributed by atoms with E-state index in [9.17, 15) is 14.4 Å². The summed E-state index contributed by atoms with van der Waals surface area (Å²) < 4.78 is 7.17. The van der Waals surface area contributed by atoms with Gasteiger partial charge in [0.05, 0.1) is 4.88 Å². The minimum absolute atomic E-state index is 0.0247. The Bertz CT molecular complexity index is 1290. The Morgan fingerprint density at radius 3 is 2.73 bits per heavy atom. The highest BCUT2D eigenvalue weighted by atomic mass is 32.1. The third kappa shape index (κ3) is 4.32. The molecule has 0 radical (unpaired) electrons. The second-order valence-corrected chi connectivity index (χ2v) is 9.11. The Morgan fingerprint density at radius 2 is 1.97 bits per heavy atom. The third-order valence-electron chi connectivity index (χ3n) is 5.73. The predicted octanol–water partition coefficient (Wildman–Crippen LogP) is 3.99. The number of carbonyl (C=O) groups excluding carboxylic acids is 1. The first-order valence-electron chi connectivity index (χ1n) is 11.3. The van der Waals surface area contributed by atoms with E-state index in [2.05, 4.69) is 4.98 Å². The lowest BCUT2D eigenvalue weighted by Crippen LogP contribution is -2.41. The lowest BCUT2D eigenvalue weighted by molar-refractivity contribution is 0.0990. The summed E-state index contributed by atoms with van der Waals surface area (Å²) in [6.45, 7) is 5.10. The quantitative estimate of drug-likeness (QED) is 0.519. The Kier molecular flexibility index (Phi) is 6.69. The van der Waals surface area contributed by atoms with Crippen LogP contribution in [0.4, 0.5) is 11.5 Å². The van der Waals surface area contributed by atoms with Crippen LogP contribution in [0.3, 0.4) is 0 Å². The van der Waals surface area contributed by atoms with Crippen molar-refractivity contribution in [3.8, 4) is 16.2 Å². The number of thiophene rings is 1. The number of carbonyl (C=O) groups is 1. The molecule has 1 aromatic carbocycles. The third-order valence-corrected chi connectivity index (χ3v) is 6.93. The van der Waals surface area contributed by atoms with Crippen molar-refractivity contribution in [3.05, 3.63) is 61.6 Å². The number of unbranched alkanes of at least 4 members (excludes halogenated alkanes) is 2. The van der Waals surface area contributed by atoms with Crippen molar-refractivity contribution in [2.75, 3.05) is 17.2 Å². The number of aromatic nitrogens is 2. The van der Waals surface area contributed by atoms with Gasteiger partial charge in [-0.25, -0.2) is 4.79 Å². The van der Waals surface area contributed by atoms with Crippen molar-refractivity contribution >= 4 is 28.7 Å². The molecule has 0 fully saturated rings. The van der Waals surface area contributed by atoms with Crippen molar-refractivity contribution < 1.29 is 9.53 Å². The van der Waals surface area contributed by atoms with Crippen LogP contribution < -0.4 is 26.6 Å². The van der Waals surface area contributed by atoms with Gasteiger partial charge in [0.15, 0.2) is 5.69 Å². The van der Waals surface area contributed by atoms with Gasteiger partial charge in [-0.3, -0.25) is 24.0 Å². The van der Waals surface area contributed by atoms with Crippen LogP contribution in [0.25, 0.3) is 10.4 Å². The van der Waals surface area contributed by atoms with E-state index < -0.39 is 11.2 Å². The number of nitrogens with two attached hydrogens (primary N) is 1. The SMILES string of the molecule is CCCCN(C(=O)c1cc2c(s1)-c1ccccc1OC2)c1c(N)n(CCCC)c(=O)[nH]c1=O. The summed E-state index contributed by atoms with van der Waals surface area (Å²) in [4.78, 5) is 44.1. The molecule has 1 aliphatic heterocycles. The van der Waals surface area contributed by atoms with Gasteiger partial charge in [0, 0.05) is 29.1 Å². The van der Waals surface area contributed by atoms with E-state index >= 15 is 0 Å². The molecule has 0 aliphatic carbocycles. The van der Waals surface area contributed by atoms with Crippen LogP contribution in [-0.4, -0.2) is 22.0 Å². The fraction of sp³-hybridized carbons (Fsp3) is 0.375. The van der Waals surface area contributed by atoms with Gasteiger partial charge in [0.25, 0.3) is 11.5 Å². The van der Waals surface area contributed by atoms with Gasteiger partial charge >= 0.3 is 5.69 Å². The molecule has 3 heterocycles. The van der Waals surface area contributed by atoms with Crippen molar-refractivity contribution in [3.63, 3.8) is 0 Å². The van der Waals surface area contributed by atoms with Crippen LogP contribution in [0.1, 0.15) is 54.8 Å². The van der Waals surface area contributed by atoms with Crippen LogP contribution in [0.2, 0.25) is 0 Å². The fourth-order valence-corrected chi connectivity index (χ4v) is 5.09. The highest BCUT2D eigenvalue weighted by Gasteiger charge is 2.28. The predicted molar refractivity (Wildman–Crippen MR) is 131 cm³/mol. The molecule has 0 bridgehead atoms. The molecule has 1 amide bonds. The number of nitrogens with zero attached hydrogens (tertiary/aromatic N) is 2. The van der Waals surface area contributed by atoms with E-state index in [0.717, 1.165) is 41.0 Å². The monoisotopic (exact) mass is 468 g/mol. The minimum Gasteiger partial charge on any atom is -0.488 e. The van der Waals surface area contributed by atoms with Gasteiger partial charge in [-0.1, -0.05) is 38.8 Å². The number of nitrogen functional groups attached to an aromatic ring is 1. The van der Waals surface area contributed by atoms with E-state index in [-0.39, 0.29) is 17.4 Å². The molecule has 1 aliphatic rings. The molecule has 0 unspecified atom stereocenters. The second kappa shape index (κ2) is 9.66. The molecule has 0 atom stereocenters. The number of hydrogen-bond donors (Lipinski definition) is 2. The van der Waals surface area contributed by atoms with Crippen LogP contribution >= 0.6 is 11.3 Å². The summed E-state index contributed by atoms with van der Waals surface area (Å²) in [5.74, 6) is 0.507. The molecule has 3 aromatic rings. The molecule has 174 valence electrons. The molecule has 4 rings (SSSR count). The Morgan fingerprint density at radius 1 is 1.21 bits per heavy atom. The van der Waals surface area contributed by atoms with Crippen molar-refractivity contribution in [1.82, 2.24) is 9.55 Å². The van der Waals surface area contributed by atoms with Crippen LogP contribution in [0, 0.1) is 0 Å². The van der Waals surface area contributed by atoms with Gasteiger partial charge in [-0.15, -0.1) is 11.3 Å². The maximum absolute atomic E-state index is 13.7. The van der Waals surface area contributed by atoms with Crippen molar-refractivity contribution in [2.45, 2.75) is 52.7 Å². The number of aromatic amines is 1. The number of anilines is 2. The number of fused-ring (bicyclic) bond motifs is 3. The molecular formula is C24H28N4O4S. The van der Waals surface area contributed by atoms with Crippen LogP contribution in [0.5, 0.6) is 5.75 Å². The van der Waals surface area contributed by atoms with E-state index in [1.807, 2.05) is 44.2 Å². The number of hydrogen-bond acceptors (Lipinski definition) is 6. The first kappa shape index (κ1) is 22.8. The number of ether oxygens (including phenoxy) is 1. The standard InChI is InChI=1S/C24H28N4O4S/c1-3-5-11-27(19-21(25)28(12-6-4-2)24(31)26-22(19)29)23(30)18-13-15-14-32-17-10-8-7-9-16(17)20(15)33-18/h7-10,13H,3-6,11-12,14,25H2,1-2H3,(H,26,29,31). The molecular weight excluding hydrogens is 440 g/mol. The zero-order chi connectivity index (χ0) is 23.5. The second-order valence-electron chi connectivity index (χ2n) is 8.06. The smallest absolute Gasteiger partial charge is 0.330 e. The van der Waals surface area contributed by atoms with Gasteiger partial charge in [-0.05, 0) is 31.0 Å². The molecule has 8 nitrogen and oxygen atoms in total. The largest absolute Gasteiger partial charge is 0.488 e. The normalized spacial score (nSPS) is 12.1. The number of benzene rings is 1. The maximum Gasteiger partial charge on any atom is 0.330 e. The Hall–Kier alpha value is -3.33. The summed E-state index contributed by atoms with van der Waals surface area (Å²) in [5.41, 5.74) is 7.03. The van der Waals surface area contributed by atoms with E-state index in [4.69, 9.17) is 10.5 Å². The summed E-state index contributed by atoms with van der Waals surface area (Å²) in [7, 11) is 0. The first-order valence-corrected chi connectivity index (χ1v) is 12.1. The Labute approximate surface area is 195 Å². The zero-order valence-electron chi connectivity index (χ0n) is 18.8. The number of para-hydroxylation sites is 1. The van der Waals surface area contributed by atoms with E-state index in [0.29, 0.717) is 31.0 Å². The van der Waals surface area contributed by atoms with Gasteiger partial charge in [-0.2, -0.15) is 0 Å². The molecule has 0 saturated carbocycles. The van der Waals surface area contributed by atoms with Crippen LogP contribution in [-0.2, 0) is 13.2 Å². The summed E-state index contributed by atoms with van der Waals surface area (Å²) in [6, 6.07) is 9.56. The molecule has 0 saturated heterocycles. The summed E-state index contributed by atoms with van der Waals surface area (Å²) in [6.07, 6.45) is 3.12. The first-order chi connectivity index (χ1) is 16.0. The molecule has 33 heavy (non-hydrogen) atoms. The topological polar surface area (TPSA) is 110 Å². The Balaban J connectivity index is 1.77. The molecule has 3 N–H and O–H groups in total. The van der Waals surface area contributed by atoms with Crippen LogP contribution in [0.15, 0.2) is 39.9 Å².